The van der Waals surface area contributed by atoms with Crippen LogP contribution in [0.4, 0.5) is 0 Å². The van der Waals surface area contributed by atoms with Gasteiger partial charge in [0.1, 0.15) is 0 Å². The number of nitriles is 1. The summed E-state index contributed by atoms with van der Waals surface area (Å²) in [5.74, 6) is 0. The Hall–Kier alpha value is -1.69. The maximum absolute atomic E-state index is 9.32. The number of hydrogen-bond donors (Lipinski definition) is 0. The molecule has 0 spiro atoms. The van der Waals surface area contributed by atoms with Crippen molar-refractivity contribution >= 4 is 0 Å². The highest BCUT2D eigenvalue weighted by molar-refractivity contribution is 5.18. The molecule has 1 aromatic rings. The molecule has 0 amide bonds. The van der Waals surface area contributed by atoms with Crippen LogP contribution in [0.1, 0.15) is 50.6 Å². The molecule has 3 nitrogen and oxygen atoms in total. The summed E-state index contributed by atoms with van der Waals surface area (Å²) in [7, 11) is 0. The van der Waals surface area contributed by atoms with Crippen molar-refractivity contribution in [3.63, 3.8) is 0 Å². The van der Waals surface area contributed by atoms with Gasteiger partial charge in [-0.1, -0.05) is 36.8 Å². The van der Waals surface area contributed by atoms with E-state index in [1.165, 1.54) is 6.42 Å². The smallest absolute Gasteiger partial charge is 0.167 e. The van der Waals surface area contributed by atoms with Crippen LogP contribution in [0.3, 0.4) is 0 Å². The van der Waals surface area contributed by atoms with Gasteiger partial charge in [-0.2, -0.15) is 15.5 Å². The Kier molecular flexibility index (Phi) is 4.09. The summed E-state index contributed by atoms with van der Waals surface area (Å²) >= 11 is 0. The lowest BCUT2D eigenvalue weighted by Gasteiger charge is -2.25. The zero-order chi connectivity index (χ0) is 12.8. The van der Waals surface area contributed by atoms with Crippen LogP contribution >= 0.6 is 0 Å². The van der Waals surface area contributed by atoms with Gasteiger partial charge in [0.2, 0.25) is 0 Å². The van der Waals surface area contributed by atoms with Crippen molar-refractivity contribution in [3.8, 4) is 6.07 Å². The van der Waals surface area contributed by atoms with Gasteiger partial charge >= 0.3 is 0 Å². The molecule has 0 N–H and O–H groups in total. The van der Waals surface area contributed by atoms with Crippen LogP contribution in [0.25, 0.3) is 0 Å². The third-order valence-corrected chi connectivity index (χ3v) is 3.59. The summed E-state index contributed by atoms with van der Waals surface area (Å²) in [6.07, 6.45) is 5.11. The summed E-state index contributed by atoms with van der Waals surface area (Å²) in [5, 5.41) is 18.1. The number of hydrogen-bond acceptors (Lipinski definition) is 3. The minimum atomic E-state index is -0.554. The summed E-state index contributed by atoms with van der Waals surface area (Å²) < 4.78 is 0. The van der Waals surface area contributed by atoms with Crippen LogP contribution in [-0.2, 0) is 0 Å². The van der Waals surface area contributed by atoms with Crippen molar-refractivity contribution < 1.29 is 0 Å². The highest BCUT2D eigenvalue weighted by Gasteiger charge is 2.32. The fourth-order valence-electron chi connectivity index (χ4n) is 2.37. The average molecular weight is 241 g/mol. The van der Waals surface area contributed by atoms with E-state index >= 15 is 0 Å². The maximum atomic E-state index is 9.32. The van der Waals surface area contributed by atoms with Gasteiger partial charge in [-0.25, -0.2) is 0 Å². The first kappa shape index (κ1) is 12.8. The van der Waals surface area contributed by atoms with E-state index in [1.807, 2.05) is 37.3 Å². The lowest BCUT2D eigenvalue weighted by molar-refractivity contribution is 0.350. The van der Waals surface area contributed by atoms with Crippen LogP contribution in [0, 0.1) is 11.3 Å². The van der Waals surface area contributed by atoms with Crippen molar-refractivity contribution in [2.24, 2.45) is 10.2 Å². The normalized spacial score (nSPS) is 20.4. The van der Waals surface area contributed by atoms with E-state index < -0.39 is 5.54 Å². The van der Waals surface area contributed by atoms with Gasteiger partial charge in [-0.3, -0.25) is 0 Å². The zero-order valence-corrected chi connectivity index (χ0v) is 10.8. The fourth-order valence-corrected chi connectivity index (χ4v) is 2.37. The molecule has 3 heteroatoms. The van der Waals surface area contributed by atoms with E-state index in [1.54, 1.807) is 0 Å². The lowest BCUT2D eigenvalue weighted by atomic mass is 9.84. The summed E-state index contributed by atoms with van der Waals surface area (Å²) in [6, 6.07) is 12.5. The molecule has 1 atom stereocenters. The molecule has 1 aromatic carbocycles. The van der Waals surface area contributed by atoms with Crippen LogP contribution in [0.2, 0.25) is 0 Å². The van der Waals surface area contributed by atoms with Crippen LogP contribution < -0.4 is 0 Å². The molecule has 0 bridgehead atoms. The Morgan fingerprint density at radius 2 is 1.83 bits per heavy atom. The topological polar surface area (TPSA) is 48.5 Å². The molecule has 0 aromatic heterocycles. The van der Waals surface area contributed by atoms with Gasteiger partial charge in [0.15, 0.2) is 5.54 Å². The van der Waals surface area contributed by atoms with Crippen molar-refractivity contribution in [2.45, 2.75) is 50.6 Å². The molecular formula is C15H19N3. The van der Waals surface area contributed by atoms with E-state index in [4.69, 9.17) is 0 Å². The van der Waals surface area contributed by atoms with Crippen LogP contribution in [0.15, 0.2) is 40.6 Å². The zero-order valence-electron chi connectivity index (χ0n) is 10.8. The second-order valence-electron chi connectivity index (χ2n) is 5.01. The predicted octanol–water partition coefficient (Wildman–Crippen LogP) is 4.43. The predicted molar refractivity (Wildman–Crippen MR) is 71.1 cm³/mol. The Morgan fingerprint density at radius 1 is 1.17 bits per heavy atom. The first-order valence-electron chi connectivity index (χ1n) is 6.64. The number of azo groups is 1. The minimum absolute atomic E-state index is 0.0263. The van der Waals surface area contributed by atoms with Gasteiger partial charge in [0.05, 0.1) is 12.1 Å². The summed E-state index contributed by atoms with van der Waals surface area (Å²) in [4.78, 5) is 0. The summed E-state index contributed by atoms with van der Waals surface area (Å²) in [6.45, 7) is 2.02. The second kappa shape index (κ2) is 5.77. The van der Waals surface area contributed by atoms with Gasteiger partial charge in [-0.05, 0) is 38.2 Å². The molecule has 1 aliphatic carbocycles. The molecule has 0 aliphatic heterocycles. The Morgan fingerprint density at radius 3 is 2.44 bits per heavy atom. The number of nitrogens with zero attached hydrogens (tertiary/aromatic N) is 3. The first-order valence-corrected chi connectivity index (χ1v) is 6.64. The highest BCUT2D eigenvalue weighted by Crippen LogP contribution is 2.32. The van der Waals surface area contributed by atoms with Crippen LogP contribution in [0.5, 0.6) is 0 Å². The van der Waals surface area contributed by atoms with E-state index in [-0.39, 0.29) is 6.04 Å². The van der Waals surface area contributed by atoms with Crippen molar-refractivity contribution in [2.75, 3.05) is 0 Å². The molecule has 1 fully saturated rings. The molecule has 94 valence electrons. The molecular weight excluding hydrogens is 222 g/mol. The third-order valence-electron chi connectivity index (χ3n) is 3.59. The van der Waals surface area contributed by atoms with E-state index in [0.29, 0.717) is 0 Å². The lowest BCUT2D eigenvalue weighted by Crippen LogP contribution is -2.26. The largest absolute Gasteiger partial charge is 0.196 e. The Bertz CT molecular complexity index is 439. The van der Waals surface area contributed by atoms with E-state index in [2.05, 4.69) is 16.3 Å². The molecule has 1 unspecified atom stereocenters. The Balaban J connectivity index is 2.08. The molecule has 0 radical (unpaired) electrons. The van der Waals surface area contributed by atoms with Crippen molar-refractivity contribution in [1.29, 1.82) is 5.26 Å². The fraction of sp³-hybridized carbons (Fsp3) is 0.533. The highest BCUT2D eigenvalue weighted by atomic mass is 15.2. The molecule has 1 saturated carbocycles. The Labute approximate surface area is 109 Å². The number of benzene rings is 1. The maximum Gasteiger partial charge on any atom is 0.167 e. The van der Waals surface area contributed by atoms with Gasteiger partial charge in [-0.15, -0.1) is 0 Å². The third kappa shape index (κ3) is 2.95. The summed E-state index contributed by atoms with van der Waals surface area (Å²) in [5.41, 5.74) is 0.589. The monoisotopic (exact) mass is 241 g/mol. The van der Waals surface area contributed by atoms with Crippen LogP contribution in [-0.4, -0.2) is 5.54 Å². The van der Waals surface area contributed by atoms with Crippen molar-refractivity contribution in [1.82, 2.24) is 0 Å². The SMILES string of the molecule is CC(N=NC1(C#N)CCCCC1)c1ccccc1. The van der Waals surface area contributed by atoms with E-state index in [0.717, 1.165) is 31.2 Å². The standard InChI is InChI=1S/C15H19N3/c1-13(14-8-4-2-5-9-14)17-18-15(12-16)10-6-3-7-11-15/h2,4-5,8-9,13H,3,6-7,10-11H2,1H3. The van der Waals surface area contributed by atoms with Gasteiger partial charge in [0.25, 0.3) is 0 Å². The van der Waals surface area contributed by atoms with E-state index in [9.17, 15) is 5.26 Å². The molecule has 2 rings (SSSR count). The van der Waals surface area contributed by atoms with Gasteiger partial charge < -0.3 is 0 Å². The quantitative estimate of drug-likeness (QED) is 0.722. The first-order chi connectivity index (χ1) is 8.76. The molecule has 0 saturated heterocycles. The molecule has 0 heterocycles. The number of rotatable bonds is 3. The average Bonchev–Trinajstić information content (AvgIpc) is 2.47. The molecule has 1 aliphatic rings. The second-order valence-corrected chi connectivity index (χ2v) is 5.01. The molecule has 18 heavy (non-hydrogen) atoms. The van der Waals surface area contributed by atoms with Crippen molar-refractivity contribution in [3.05, 3.63) is 35.9 Å². The minimum Gasteiger partial charge on any atom is -0.196 e. The van der Waals surface area contributed by atoms with Gasteiger partial charge in [0, 0.05) is 0 Å².